The van der Waals surface area contributed by atoms with Crippen LogP contribution in [-0.2, 0) is 6.61 Å². The van der Waals surface area contributed by atoms with Crippen molar-refractivity contribution in [3.8, 4) is 0 Å². The van der Waals surface area contributed by atoms with Crippen LogP contribution in [0.3, 0.4) is 0 Å². The Balaban J connectivity index is 2.54. The Morgan fingerprint density at radius 3 is 2.64 bits per heavy atom. The zero-order valence-corrected chi connectivity index (χ0v) is 8.70. The lowest BCUT2D eigenvalue weighted by Crippen LogP contribution is -2.37. The molecule has 3 heteroatoms. The van der Waals surface area contributed by atoms with Gasteiger partial charge in [0.2, 0.25) is 0 Å². The van der Waals surface area contributed by atoms with Crippen molar-refractivity contribution in [3.63, 3.8) is 0 Å². The Bertz CT molecular complexity index is 338. The van der Waals surface area contributed by atoms with Crippen LogP contribution in [0.2, 0.25) is 0 Å². The summed E-state index contributed by atoms with van der Waals surface area (Å²) in [5.41, 5.74) is 3.39. The number of aliphatic hydroxyl groups is 1. The van der Waals surface area contributed by atoms with Crippen LogP contribution in [0.25, 0.3) is 0 Å². The van der Waals surface area contributed by atoms with Crippen LogP contribution in [-0.4, -0.2) is 32.3 Å². The lowest BCUT2D eigenvalue weighted by Gasteiger charge is -2.36. The Morgan fingerprint density at radius 2 is 1.93 bits per heavy atom. The van der Waals surface area contributed by atoms with E-state index in [2.05, 4.69) is 30.0 Å². The minimum Gasteiger partial charge on any atom is -0.392 e. The zero-order chi connectivity index (χ0) is 10.1. The Labute approximate surface area is 84.6 Å². The summed E-state index contributed by atoms with van der Waals surface area (Å²) in [5.74, 6) is 0. The third-order valence-electron chi connectivity index (χ3n) is 2.83. The summed E-state index contributed by atoms with van der Waals surface area (Å²) in [7, 11) is 4.16. The molecule has 1 N–H and O–H groups in total. The van der Waals surface area contributed by atoms with E-state index in [1.54, 1.807) is 0 Å². The molecular weight excluding hydrogens is 176 g/mol. The fourth-order valence-electron chi connectivity index (χ4n) is 1.99. The van der Waals surface area contributed by atoms with Crippen LogP contribution in [0.1, 0.15) is 5.56 Å². The molecule has 1 aromatic rings. The maximum Gasteiger partial charge on any atom is 0.0702 e. The first-order valence-corrected chi connectivity index (χ1v) is 4.89. The van der Waals surface area contributed by atoms with E-state index >= 15 is 0 Å². The van der Waals surface area contributed by atoms with E-state index in [1.165, 1.54) is 11.4 Å². The quantitative estimate of drug-likeness (QED) is 0.721. The van der Waals surface area contributed by atoms with Crippen LogP contribution in [0, 0.1) is 0 Å². The first-order valence-electron chi connectivity index (χ1n) is 4.89. The lowest BCUT2D eigenvalue weighted by molar-refractivity contribution is 0.282. The van der Waals surface area contributed by atoms with E-state index in [1.807, 2.05) is 12.1 Å². The second kappa shape index (κ2) is 3.50. The summed E-state index contributed by atoms with van der Waals surface area (Å²) in [6, 6.07) is 6.08. The minimum absolute atomic E-state index is 0.112. The molecule has 0 saturated carbocycles. The minimum atomic E-state index is 0.112. The van der Waals surface area contributed by atoms with Crippen molar-refractivity contribution in [2.75, 3.05) is 37.0 Å². The highest BCUT2D eigenvalue weighted by atomic mass is 16.3. The molecule has 1 heterocycles. The number of anilines is 2. The largest absolute Gasteiger partial charge is 0.392 e. The fourth-order valence-corrected chi connectivity index (χ4v) is 1.99. The standard InChI is InChI=1S/C11H16N2O/c1-12-6-7-13(2)11-9(8-14)4-3-5-10(11)12/h3-5,14H,6-8H2,1-2H3. The predicted octanol–water partition coefficient (Wildman–Crippen LogP) is 1.06. The molecule has 1 aliphatic rings. The van der Waals surface area contributed by atoms with Gasteiger partial charge >= 0.3 is 0 Å². The lowest BCUT2D eigenvalue weighted by atomic mass is 10.1. The van der Waals surface area contributed by atoms with Gasteiger partial charge in [-0.05, 0) is 6.07 Å². The highest BCUT2D eigenvalue weighted by molar-refractivity contribution is 5.76. The molecule has 0 atom stereocenters. The van der Waals surface area contributed by atoms with Crippen LogP contribution in [0.15, 0.2) is 18.2 Å². The van der Waals surface area contributed by atoms with Crippen molar-refractivity contribution in [1.29, 1.82) is 0 Å². The topological polar surface area (TPSA) is 26.7 Å². The average molecular weight is 192 g/mol. The third-order valence-corrected chi connectivity index (χ3v) is 2.83. The SMILES string of the molecule is CN1CCN(C)c2c(CO)cccc21. The van der Waals surface area contributed by atoms with Crippen LogP contribution in [0.5, 0.6) is 0 Å². The first kappa shape index (κ1) is 9.34. The molecule has 0 amide bonds. The van der Waals surface area contributed by atoms with Crippen molar-refractivity contribution < 1.29 is 5.11 Å². The molecule has 3 nitrogen and oxygen atoms in total. The average Bonchev–Trinajstić information content (AvgIpc) is 2.23. The van der Waals surface area contributed by atoms with Crippen molar-refractivity contribution in [2.45, 2.75) is 6.61 Å². The summed E-state index contributed by atoms with van der Waals surface area (Å²) >= 11 is 0. The second-order valence-electron chi connectivity index (χ2n) is 3.79. The number of aliphatic hydroxyl groups excluding tert-OH is 1. The van der Waals surface area contributed by atoms with E-state index < -0.39 is 0 Å². The Morgan fingerprint density at radius 1 is 1.21 bits per heavy atom. The van der Waals surface area contributed by atoms with Crippen molar-refractivity contribution >= 4 is 11.4 Å². The van der Waals surface area contributed by atoms with Gasteiger partial charge in [-0.3, -0.25) is 0 Å². The highest BCUT2D eigenvalue weighted by Crippen LogP contribution is 2.34. The van der Waals surface area contributed by atoms with E-state index in [0.717, 1.165) is 18.7 Å². The number of hydrogen-bond acceptors (Lipinski definition) is 3. The van der Waals surface area contributed by atoms with Crippen LogP contribution < -0.4 is 9.80 Å². The third kappa shape index (κ3) is 1.34. The summed E-state index contributed by atoms with van der Waals surface area (Å²) in [6.07, 6.45) is 0. The maximum absolute atomic E-state index is 9.25. The molecule has 0 radical (unpaired) electrons. The smallest absolute Gasteiger partial charge is 0.0702 e. The van der Waals surface area contributed by atoms with Crippen molar-refractivity contribution in [1.82, 2.24) is 0 Å². The highest BCUT2D eigenvalue weighted by Gasteiger charge is 2.19. The number of hydrogen-bond donors (Lipinski definition) is 1. The number of rotatable bonds is 1. The predicted molar refractivity (Wildman–Crippen MR) is 58.9 cm³/mol. The van der Waals surface area contributed by atoms with Gasteiger partial charge in [-0.2, -0.15) is 0 Å². The molecule has 76 valence electrons. The summed E-state index contributed by atoms with van der Waals surface area (Å²) in [5, 5.41) is 9.25. The van der Waals surface area contributed by atoms with Crippen molar-refractivity contribution in [3.05, 3.63) is 23.8 Å². The van der Waals surface area contributed by atoms with Gasteiger partial charge in [0, 0.05) is 32.7 Å². The molecule has 2 rings (SSSR count). The van der Waals surface area contributed by atoms with Gasteiger partial charge in [0.15, 0.2) is 0 Å². The molecule has 0 fully saturated rings. The molecule has 1 aromatic carbocycles. The number of fused-ring (bicyclic) bond motifs is 1. The number of para-hydroxylation sites is 1. The monoisotopic (exact) mass is 192 g/mol. The van der Waals surface area contributed by atoms with Gasteiger partial charge in [0.1, 0.15) is 0 Å². The normalized spacial score (nSPS) is 15.6. The van der Waals surface area contributed by atoms with E-state index in [4.69, 9.17) is 0 Å². The van der Waals surface area contributed by atoms with E-state index in [9.17, 15) is 5.11 Å². The van der Waals surface area contributed by atoms with Gasteiger partial charge < -0.3 is 14.9 Å². The molecule has 1 aliphatic heterocycles. The molecule has 0 aliphatic carbocycles. The van der Waals surface area contributed by atoms with Gasteiger partial charge in [-0.1, -0.05) is 12.1 Å². The van der Waals surface area contributed by atoms with Crippen molar-refractivity contribution in [2.24, 2.45) is 0 Å². The van der Waals surface area contributed by atoms with Crippen LogP contribution >= 0.6 is 0 Å². The summed E-state index contributed by atoms with van der Waals surface area (Å²) < 4.78 is 0. The number of nitrogens with zero attached hydrogens (tertiary/aromatic N) is 2. The van der Waals surface area contributed by atoms with Gasteiger partial charge in [-0.15, -0.1) is 0 Å². The number of likely N-dealkylation sites (N-methyl/N-ethyl adjacent to an activating group) is 2. The number of benzene rings is 1. The zero-order valence-electron chi connectivity index (χ0n) is 8.70. The molecular formula is C11H16N2O. The Kier molecular flexibility index (Phi) is 2.33. The fraction of sp³-hybridized carbons (Fsp3) is 0.455. The van der Waals surface area contributed by atoms with Crippen LogP contribution in [0.4, 0.5) is 11.4 Å². The van der Waals surface area contributed by atoms with E-state index in [-0.39, 0.29) is 6.61 Å². The molecule has 0 aromatic heterocycles. The first-order chi connectivity index (χ1) is 6.74. The molecule has 0 saturated heterocycles. The van der Waals surface area contributed by atoms with Gasteiger partial charge in [0.25, 0.3) is 0 Å². The second-order valence-corrected chi connectivity index (χ2v) is 3.79. The molecule has 0 spiro atoms. The Hall–Kier alpha value is -1.22. The van der Waals surface area contributed by atoms with Gasteiger partial charge in [-0.25, -0.2) is 0 Å². The summed E-state index contributed by atoms with van der Waals surface area (Å²) in [4.78, 5) is 4.44. The summed E-state index contributed by atoms with van der Waals surface area (Å²) in [6.45, 7) is 2.17. The molecule has 14 heavy (non-hydrogen) atoms. The molecule has 0 unspecified atom stereocenters. The van der Waals surface area contributed by atoms with E-state index in [0.29, 0.717) is 0 Å². The van der Waals surface area contributed by atoms with Gasteiger partial charge in [0.05, 0.1) is 18.0 Å². The maximum atomic E-state index is 9.25. The molecule has 0 bridgehead atoms.